The number of azide groups is 1. The van der Waals surface area contributed by atoms with Crippen LogP contribution in [0.15, 0.2) is 17.2 Å². The van der Waals surface area contributed by atoms with Crippen LogP contribution in [0.5, 0.6) is 0 Å². The van der Waals surface area contributed by atoms with Crippen LogP contribution in [0.25, 0.3) is 10.4 Å². The zero-order valence-corrected chi connectivity index (χ0v) is 12.3. The van der Waals surface area contributed by atoms with E-state index in [0.29, 0.717) is 6.54 Å². The lowest BCUT2D eigenvalue weighted by molar-refractivity contribution is -0.143. The van der Waals surface area contributed by atoms with E-state index in [4.69, 9.17) is 10.3 Å². The summed E-state index contributed by atoms with van der Waals surface area (Å²) in [6.45, 7) is 6.71. The first-order valence-corrected chi connectivity index (χ1v) is 6.41. The van der Waals surface area contributed by atoms with Gasteiger partial charge in [-0.05, 0) is 48.6 Å². The van der Waals surface area contributed by atoms with E-state index < -0.39 is 6.04 Å². The average Bonchev–Trinajstić information content (AvgIpc) is 2.43. The van der Waals surface area contributed by atoms with Crippen molar-refractivity contribution in [1.82, 2.24) is 5.32 Å². The van der Waals surface area contributed by atoms with Crippen molar-refractivity contribution >= 4 is 5.97 Å². The maximum absolute atomic E-state index is 11.9. The first-order chi connectivity index (χ1) is 9.51. The lowest BCUT2D eigenvalue weighted by Crippen LogP contribution is -2.32. The fourth-order valence-electron chi connectivity index (χ4n) is 2.04. The number of carbonyl (C=O) groups excluding carboxylic acids is 1. The standard InChI is InChI=1S/C14H20N4O2/c1-9-7-11(3)12(8-10(9)2)13(14(19)20-4)16-5-6-17-18-15/h7-8,13,16H,5-6H2,1-4H3. The zero-order valence-electron chi connectivity index (χ0n) is 12.3. The van der Waals surface area contributed by atoms with Crippen LogP contribution in [0.4, 0.5) is 0 Å². The van der Waals surface area contributed by atoms with E-state index in [-0.39, 0.29) is 12.5 Å². The molecule has 1 N–H and O–H groups in total. The lowest BCUT2D eigenvalue weighted by Gasteiger charge is -2.20. The molecule has 0 spiro atoms. The fourth-order valence-corrected chi connectivity index (χ4v) is 2.04. The SMILES string of the molecule is COC(=O)C(NCCN=[N+]=[N-])c1cc(C)c(C)cc1C. The van der Waals surface area contributed by atoms with E-state index in [1.807, 2.05) is 26.8 Å². The van der Waals surface area contributed by atoms with Crippen molar-refractivity contribution in [2.45, 2.75) is 26.8 Å². The highest BCUT2D eigenvalue weighted by atomic mass is 16.5. The molecule has 1 aromatic carbocycles. The topological polar surface area (TPSA) is 87.1 Å². The minimum Gasteiger partial charge on any atom is -0.468 e. The van der Waals surface area contributed by atoms with Gasteiger partial charge in [0.2, 0.25) is 0 Å². The first-order valence-electron chi connectivity index (χ1n) is 6.41. The van der Waals surface area contributed by atoms with E-state index in [2.05, 4.69) is 21.4 Å². The summed E-state index contributed by atoms with van der Waals surface area (Å²) in [4.78, 5) is 14.6. The van der Waals surface area contributed by atoms with E-state index in [1.165, 1.54) is 12.7 Å². The zero-order chi connectivity index (χ0) is 15.1. The number of hydrogen-bond donors (Lipinski definition) is 1. The van der Waals surface area contributed by atoms with Gasteiger partial charge in [0.15, 0.2) is 0 Å². The molecule has 1 atom stereocenters. The molecule has 0 amide bonds. The van der Waals surface area contributed by atoms with E-state index in [1.54, 1.807) is 0 Å². The molecule has 0 saturated heterocycles. The van der Waals surface area contributed by atoms with E-state index in [9.17, 15) is 4.79 Å². The van der Waals surface area contributed by atoms with Gasteiger partial charge < -0.3 is 10.1 Å². The third-order valence-electron chi connectivity index (χ3n) is 3.25. The number of ether oxygens (including phenoxy) is 1. The summed E-state index contributed by atoms with van der Waals surface area (Å²) < 4.78 is 4.84. The number of methoxy groups -OCH3 is 1. The monoisotopic (exact) mass is 276 g/mol. The molecule has 1 unspecified atom stereocenters. The molecule has 1 aromatic rings. The summed E-state index contributed by atoms with van der Waals surface area (Å²) in [6.07, 6.45) is 0. The molecule has 0 fully saturated rings. The van der Waals surface area contributed by atoms with Crippen LogP contribution in [0.3, 0.4) is 0 Å². The Labute approximate surface area is 118 Å². The number of carbonyl (C=O) groups is 1. The molecule has 0 bridgehead atoms. The Balaban J connectivity index is 3.01. The summed E-state index contributed by atoms with van der Waals surface area (Å²) in [5.74, 6) is -0.350. The molecule has 0 aliphatic rings. The highest BCUT2D eigenvalue weighted by Gasteiger charge is 2.22. The van der Waals surface area contributed by atoms with Gasteiger partial charge in [0, 0.05) is 18.0 Å². The second kappa shape index (κ2) is 7.53. The van der Waals surface area contributed by atoms with Gasteiger partial charge in [-0.1, -0.05) is 17.2 Å². The van der Waals surface area contributed by atoms with Crippen LogP contribution in [0.1, 0.15) is 28.3 Å². The van der Waals surface area contributed by atoms with Crippen LogP contribution < -0.4 is 5.32 Å². The fraction of sp³-hybridized carbons (Fsp3) is 0.500. The van der Waals surface area contributed by atoms with Gasteiger partial charge in [-0.25, -0.2) is 4.79 Å². The van der Waals surface area contributed by atoms with Crippen molar-refractivity contribution in [3.63, 3.8) is 0 Å². The molecule has 6 heteroatoms. The predicted molar refractivity (Wildman–Crippen MR) is 77.4 cm³/mol. The van der Waals surface area contributed by atoms with Crippen LogP contribution in [-0.4, -0.2) is 26.2 Å². The van der Waals surface area contributed by atoms with Crippen LogP contribution in [0, 0.1) is 20.8 Å². The summed E-state index contributed by atoms with van der Waals surface area (Å²) in [5, 5.41) is 6.51. The number of nitrogens with one attached hydrogen (secondary N) is 1. The Bertz CT molecular complexity index is 536. The minimum atomic E-state index is -0.548. The molecule has 1 rings (SSSR count). The Hall–Kier alpha value is -2.04. The van der Waals surface area contributed by atoms with Crippen molar-refractivity contribution in [3.8, 4) is 0 Å². The molecule has 0 saturated carbocycles. The lowest BCUT2D eigenvalue weighted by atomic mass is 9.95. The summed E-state index contributed by atoms with van der Waals surface area (Å²) in [7, 11) is 1.36. The minimum absolute atomic E-state index is 0.286. The molecule has 20 heavy (non-hydrogen) atoms. The molecule has 0 aromatic heterocycles. The van der Waals surface area contributed by atoms with Crippen molar-refractivity contribution in [2.75, 3.05) is 20.2 Å². The molecular weight excluding hydrogens is 256 g/mol. The number of benzene rings is 1. The summed E-state index contributed by atoms with van der Waals surface area (Å²) >= 11 is 0. The van der Waals surface area contributed by atoms with E-state index >= 15 is 0 Å². The van der Waals surface area contributed by atoms with Crippen molar-refractivity contribution in [3.05, 3.63) is 44.8 Å². The normalized spacial score (nSPS) is 11.6. The number of esters is 1. The van der Waals surface area contributed by atoms with Gasteiger partial charge in [0.1, 0.15) is 6.04 Å². The van der Waals surface area contributed by atoms with Crippen LogP contribution in [0.2, 0.25) is 0 Å². The van der Waals surface area contributed by atoms with Gasteiger partial charge in [-0.3, -0.25) is 0 Å². The van der Waals surface area contributed by atoms with Gasteiger partial charge in [-0.15, -0.1) is 0 Å². The summed E-state index contributed by atoms with van der Waals surface area (Å²) in [6, 6.07) is 3.50. The van der Waals surface area contributed by atoms with Gasteiger partial charge in [0.25, 0.3) is 0 Å². The van der Waals surface area contributed by atoms with Crippen LogP contribution >= 0.6 is 0 Å². The van der Waals surface area contributed by atoms with Gasteiger partial charge in [-0.2, -0.15) is 0 Å². The van der Waals surface area contributed by atoms with Gasteiger partial charge >= 0.3 is 5.97 Å². The van der Waals surface area contributed by atoms with Crippen LogP contribution in [-0.2, 0) is 9.53 Å². The second-order valence-electron chi connectivity index (χ2n) is 4.66. The van der Waals surface area contributed by atoms with Gasteiger partial charge in [0.05, 0.1) is 7.11 Å². The molecule has 0 aliphatic carbocycles. The van der Waals surface area contributed by atoms with Crippen molar-refractivity contribution < 1.29 is 9.53 Å². The summed E-state index contributed by atoms with van der Waals surface area (Å²) in [5.41, 5.74) is 12.5. The van der Waals surface area contributed by atoms with E-state index in [0.717, 1.165) is 16.7 Å². The van der Waals surface area contributed by atoms with Crippen molar-refractivity contribution in [2.24, 2.45) is 5.11 Å². The maximum atomic E-state index is 11.9. The number of rotatable bonds is 6. The number of aryl methyl sites for hydroxylation is 3. The number of hydrogen-bond acceptors (Lipinski definition) is 4. The Kier molecular flexibility index (Phi) is 6.03. The predicted octanol–water partition coefficient (Wildman–Crippen LogP) is 2.73. The Morgan fingerprint density at radius 2 is 2.00 bits per heavy atom. The number of nitrogens with zero attached hydrogens (tertiary/aromatic N) is 3. The Morgan fingerprint density at radius 3 is 2.60 bits per heavy atom. The largest absolute Gasteiger partial charge is 0.468 e. The quantitative estimate of drug-likeness (QED) is 0.285. The highest BCUT2D eigenvalue weighted by molar-refractivity contribution is 5.78. The molecule has 108 valence electrons. The molecule has 0 aliphatic heterocycles. The molecule has 0 heterocycles. The highest BCUT2D eigenvalue weighted by Crippen LogP contribution is 2.22. The Morgan fingerprint density at radius 1 is 1.35 bits per heavy atom. The molecule has 0 radical (unpaired) electrons. The maximum Gasteiger partial charge on any atom is 0.327 e. The molecular formula is C14H20N4O2. The second-order valence-corrected chi connectivity index (χ2v) is 4.66. The third kappa shape index (κ3) is 3.98. The third-order valence-corrected chi connectivity index (χ3v) is 3.25. The first kappa shape index (κ1) is 16.0. The molecule has 6 nitrogen and oxygen atoms in total. The van der Waals surface area contributed by atoms with Crippen molar-refractivity contribution in [1.29, 1.82) is 0 Å². The smallest absolute Gasteiger partial charge is 0.327 e. The average molecular weight is 276 g/mol.